The third-order valence-electron chi connectivity index (χ3n) is 4.59. The number of hydrogen-bond donors (Lipinski definition) is 1. The van der Waals surface area contributed by atoms with E-state index in [4.69, 9.17) is 4.74 Å². The molecule has 1 N–H and O–H groups in total. The van der Waals surface area contributed by atoms with Gasteiger partial charge in [0.2, 0.25) is 11.8 Å². The van der Waals surface area contributed by atoms with Crippen molar-refractivity contribution in [3.8, 4) is 11.5 Å². The summed E-state index contributed by atoms with van der Waals surface area (Å²) >= 11 is 0. The van der Waals surface area contributed by atoms with Crippen molar-refractivity contribution < 1.29 is 14.3 Å². The molecule has 0 bridgehead atoms. The Kier molecular flexibility index (Phi) is 6.30. The van der Waals surface area contributed by atoms with Crippen LogP contribution in [0.15, 0.2) is 54.6 Å². The molecule has 0 unspecified atom stereocenters. The molecule has 0 spiro atoms. The van der Waals surface area contributed by atoms with E-state index in [0.717, 1.165) is 17.2 Å². The van der Waals surface area contributed by atoms with Gasteiger partial charge in [-0.1, -0.05) is 30.3 Å². The topological polar surface area (TPSA) is 61.9 Å². The van der Waals surface area contributed by atoms with Crippen LogP contribution in [-0.4, -0.2) is 54.3 Å². The van der Waals surface area contributed by atoms with Crippen LogP contribution in [0.5, 0.6) is 11.5 Å². The van der Waals surface area contributed by atoms with Crippen LogP contribution in [-0.2, 0) is 9.59 Å². The molecular weight excluding hydrogens is 342 g/mol. The number of ether oxygens (including phenoxy) is 1. The molecule has 1 saturated heterocycles. The van der Waals surface area contributed by atoms with E-state index in [1.807, 2.05) is 59.5 Å². The van der Waals surface area contributed by atoms with Gasteiger partial charge in [0.1, 0.15) is 5.75 Å². The maximum Gasteiger partial charge on any atom is 0.224 e. The molecule has 0 saturated carbocycles. The van der Waals surface area contributed by atoms with E-state index < -0.39 is 0 Å². The number of nitrogens with zero attached hydrogens (tertiary/aromatic N) is 2. The molecule has 0 aromatic heterocycles. The van der Waals surface area contributed by atoms with Gasteiger partial charge in [-0.3, -0.25) is 9.59 Å². The van der Waals surface area contributed by atoms with Gasteiger partial charge in [-0.05, 0) is 24.3 Å². The number of benzene rings is 2. The lowest BCUT2D eigenvalue weighted by Gasteiger charge is -2.34. The first-order valence-corrected chi connectivity index (χ1v) is 9.22. The minimum atomic E-state index is 0.0683. The number of amides is 2. The molecule has 1 heterocycles. The van der Waals surface area contributed by atoms with Crippen molar-refractivity contribution in [2.24, 2.45) is 0 Å². The summed E-state index contributed by atoms with van der Waals surface area (Å²) in [7, 11) is 0. The van der Waals surface area contributed by atoms with Crippen molar-refractivity contribution in [2.45, 2.75) is 13.3 Å². The van der Waals surface area contributed by atoms with E-state index in [-0.39, 0.29) is 11.8 Å². The van der Waals surface area contributed by atoms with Crippen LogP contribution in [0.25, 0.3) is 0 Å². The first kappa shape index (κ1) is 18.8. The van der Waals surface area contributed by atoms with E-state index in [2.05, 4.69) is 5.32 Å². The molecule has 3 rings (SSSR count). The highest BCUT2D eigenvalue weighted by Gasteiger charge is 2.21. The molecule has 27 heavy (non-hydrogen) atoms. The summed E-state index contributed by atoms with van der Waals surface area (Å²) < 4.78 is 5.92. The molecule has 0 atom stereocenters. The van der Waals surface area contributed by atoms with E-state index in [9.17, 15) is 9.59 Å². The van der Waals surface area contributed by atoms with Gasteiger partial charge < -0.3 is 19.9 Å². The summed E-state index contributed by atoms with van der Waals surface area (Å²) in [4.78, 5) is 27.4. The highest BCUT2D eigenvalue weighted by molar-refractivity contribution is 5.78. The van der Waals surface area contributed by atoms with Crippen LogP contribution in [0.1, 0.15) is 13.3 Å². The number of anilines is 1. The average Bonchev–Trinajstić information content (AvgIpc) is 2.70. The van der Waals surface area contributed by atoms with Crippen molar-refractivity contribution in [3.05, 3.63) is 54.6 Å². The van der Waals surface area contributed by atoms with Crippen LogP contribution in [0, 0.1) is 0 Å². The normalized spacial score (nSPS) is 14.0. The Balaban J connectivity index is 1.49. The van der Waals surface area contributed by atoms with Crippen LogP contribution in [0.2, 0.25) is 0 Å². The molecule has 142 valence electrons. The second-order valence-corrected chi connectivity index (χ2v) is 6.47. The van der Waals surface area contributed by atoms with Crippen LogP contribution in [0.4, 0.5) is 5.69 Å². The second kappa shape index (κ2) is 9.07. The van der Waals surface area contributed by atoms with Gasteiger partial charge >= 0.3 is 0 Å². The Hall–Kier alpha value is -3.02. The average molecular weight is 367 g/mol. The van der Waals surface area contributed by atoms with Gasteiger partial charge in [-0.15, -0.1) is 0 Å². The quantitative estimate of drug-likeness (QED) is 0.853. The number of nitrogens with one attached hydrogen (secondary N) is 1. The van der Waals surface area contributed by atoms with Gasteiger partial charge in [0, 0.05) is 46.1 Å². The van der Waals surface area contributed by atoms with Crippen molar-refractivity contribution in [2.75, 3.05) is 38.0 Å². The maximum atomic E-state index is 12.4. The predicted molar refractivity (Wildman–Crippen MR) is 105 cm³/mol. The molecule has 6 nitrogen and oxygen atoms in total. The van der Waals surface area contributed by atoms with Gasteiger partial charge in [0.15, 0.2) is 5.75 Å². The number of piperazine rings is 1. The van der Waals surface area contributed by atoms with Crippen LogP contribution in [0.3, 0.4) is 0 Å². The summed E-state index contributed by atoms with van der Waals surface area (Å²) in [6.45, 7) is 4.53. The SMILES string of the molecule is CC(=O)N1CCN(C(=O)CCNc2ccccc2Oc2ccccc2)CC1. The fourth-order valence-electron chi connectivity index (χ4n) is 3.05. The van der Waals surface area contributed by atoms with E-state index >= 15 is 0 Å². The number of hydrogen-bond acceptors (Lipinski definition) is 4. The summed E-state index contributed by atoms with van der Waals surface area (Å²) in [6, 6.07) is 17.3. The molecule has 0 radical (unpaired) electrons. The first-order chi connectivity index (χ1) is 13.1. The lowest BCUT2D eigenvalue weighted by atomic mass is 10.2. The fraction of sp³-hybridized carbons (Fsp3) is 0.333. The lowest BCUT2D eigenvalue weighted by Crippen LogP contribution is -2.50. The summed E-state index contributed by atoms with van der Waals surface area (Å²) in [6.07, 6.45) is 0.403. The zero-order valence-electron chi connectivity index (χ0n) is 15.6. The highest BCUT2D eigenvalue weighted by Crippen LogP contribution is 2.28. The smallest absolute Gasteiger partial charge is 0.224 e. The predicted octanol–water partition coefficient (Wildman–Crippen LogP) is 2.97. The third kappa shape index (κ3) is 5.23. The highest BCUT2D eigenvalue weighted by atomic mass is 16.5. The fourth-order valence-corrected chi connectivity index (χ4v) is 3.05. The standard InChI is InChI=1S/C21H25N3O3/c1-17(25)23-13-15-24(16-14-23)21(26)11-12-22-19-9-5-6-10-20(19)27-18-7-3-2-4-8-18/h2-10,22H,11-16H2,1H3. The number of carbonyl (C=O) groups excluding carboxylic acids is 2. The monoisotopic (exact) mass is 367 g/mol. The molecule has 6 heteroatoms. The Morgan fingerprint density at radius 1 is 0.926 bits per heavy atom. The molecule has 1 aliphatic heterocycles. The van der Waals surface area contributed by atoms with Gasteiger partial charge in [0.05, 0.1) is 5.69 Å². The molecule has 0 aliphatic carbocycles. The van der Waals surface area contributed by atoms with Crippen LogP contribution >= 0.6 is 0 Å². The summed E-state index contributed by atoms with van der Waals surface area (Å²) in [5.74, 6) is 1.67. The number of carbonyl (C=O) groups is 2. The van der Waals surface area contributed by atoms with Crippen molar-refractivity contribution in [3.63, 3.8) is 0 Å². The lowest BCUT2D eigenvalue weighted by molar-refractivity contribution is -0.138. The van der Waals surface area contributed by atoms with Crippen LogP contribution < -0.4 is 10.1 Å². The molecule has 2 amide bonds. The van der Waals surface area contributed by atoms with Crippen molar-refractivity contribution in [1.29, 1.82) is 0 Å². The number of rotatable bonds is 6. The second-order valence-electron chi connectivity index (χ2n) is 6.47. The Morgan fingerprint density at radius 3 is 2.26 bits per heavy atom. The van der Waals surface area contributed by atoms with Crippen molar-refractivity contribution in [1.82, 2.24) is 9.80 Å². The molecular formula is C21H25N3O3. The molecule has 2 aromatic rings. The van der Waals surface area contributed by atoms with E-state index in [1.165, 1.54) is 0 Å². The molecule has 2 aromatic carbocycles. The minimum absolute atomic E-state index is 0.0683. The van der Waals surface area contributed by atoms with Crippen molar-refractivity contribution >= 4 is 17.5 Å². The third-order valence-corrected chi connectivity index (χ3v) is 4.59. The Morgan fingerprint density at radius 2 is 1.56 bits per heavy atom. The largest absolute Gasteiger partial charge is 0.455 e. The van der Waals surface area contributed by atoms with Gasteiger partial charge in [0.25, 0.3) is 0 Å². The zero-order valence-corrected chi connectivity index (χ0v) is 15.6. The zero-order chi connectivity index (χ0) is 19.1. The Bertz CT molecular complexity index is 771. The Labute approximate surface area is 159 Å². The molecule has 1 aliphatic rings. The van der Waals surface area contributed by atoms with E-state index in [0.29, 0.717) is 39.1 Å². The summed E-state index contributed by atoms with van der Waals surface area (Å²) in [5.41, 5.74) is 0.857. The van der Waals surface area contributed by atoms with Gasteiger partial charge in [-0.25, -0.2) is 0 Å². The summed E-state index contributed by atoms with van der Waals surface area (Å²) in [5, 5.41) is 3.29. The maximum absolute atomic E-state index is 12.4. The number of para-hydroxylation sites is 3. The minimum Gasteiger partial charge on any atom is -0.455 e. The first-order valence-electron chi connectivity index (χ1n) is 9.22. The molecule has 1 fully saturated rings. The van der Waals surface area contributed by atoms with Gasteiger partial charge in [-0.2, -0.15) is 0 Å². The van der Waals surface area contributed by atoms with E-state index in [1.54, 1.807) is 11.8 Å².